The Labute approximate surface area is 168 Å². The van der Waals surface area contributed by atoms with Crippen LogP contribution in [0.2, 0.25) is 5.02 Å². The number of carbonyl (C=O) groups is 1. The minimum atomic E-state index is -0.257. The number of nitrogens with one attached hydrogen (secondary N) is 3. The second-order valence-corrected chi connectivity index (χ2v) is 7.32. The summed E-state index contributed by atoms with van der Waals surface area (Å²) in [6.45, 7) is 1.93. The number of H-pyrrole nitrogens is 1. The van der Waals surface area contributed by atoms with Crippen molar-refractivity contribution < 1.29 is 9.53 Å². The maximum Gasteiger partial charge on any atom is 0.267 e. The normalized spacial score (nSPS) is 10.8. The van der Waals surface area contributed by atoms with E-state index in [9.17, 15) is 4.79 Å². The van der Waals surface area contributed by atoms with Gasteiger partial charge in [0.2, 0.25) is 5.88 Å². The molecule has 1 aromatic carbocycles. The number of amides is 1. The quantitative estimate of drug-likeness (QED) is 0.447. The molecule has 0 atom stereocenters. The number of anilines is 3. The van der Waals surface area contributed by atoms with E-state index in [0.717, 1.165) is 22.2 Å². The molecule has 0 unspecified atom stereocenters. The molecular weight excluding hydrogens is 400 g/mol. The molecule has 28 heavy (non-hydrogen) atoms. The van der Waals surface area contributed by atoms with Gasteiger partial charge in [-0.2, -0.15) is 10.1 Å². The molecule has 0 saturated carbocycles. The van der Waals surface area contributed by atoms with E-state index in [2.05, 4.69) is 30.8 Å². The number of aromatic nitrogens is 4. The van der Waals surface area contributed by atoms with Gasteiger partial charge in [0.25, 0.3) is 5.91 Å². The summed E-state index contributed by atoms with van der Waals surface area (Å²) in [6, 6.07) is 7.18. The maximum absolute atomic E-state index is 12.7. The Kier molecular flexibility index (Phi) is 4.84. The smallest absolute Gasteiger partial charge is 0.267 e. The topological polar surface area (TPSA) is 105 Å². The lowest BCUT2D eigenvalue weighted by Gasteiger charge is -2.08. The summed E-state index contributed by atoms with van der Waals surface area (Å²) in [4.78, 5) is 21.6. The number of rotatable bonds is 5. The van der Waals surface area contributed by atoms with Gasteiger partial charge < -0.3 is 15.4 Å². The van der Waals surface area contributed by atoms with Crippen molar-refractivity contribution in [2.24, 2.45) is 0 Å². The lowest BCUT2D eigenvalue weighted by Crippen LogP contribution is -2.11. The van der Waals surface area contributed by atoms with Crippen LogP contribution in [0.5, 0.6) is 5.88 Å². The van der Waals surface area contributed by atoms with E-state index in [4.69, 9.17) is 16.3 Å². The molecule has 0 bridgehead atoms. The van der Waals surface area contributed by atoms with Crippen LogP contribution < -0.4 is 15.4 Å². The Morgan fingerprint density at radius 3 is 2.93 bits per heavy atom. The van der Waals surface area contributed by atoms with Crippen LogP contribution in [-0.2, 0) is 0 Å². The molecule has 0 aliphatic rings. The number of nitrogens with zero attached hydrogens (tertiary/aromatic N) is 3. The summed E-state index contributed by atoms with van der Waals surface area (Å²) in [7, 11) is 1.52. The third-order valence-electron chi connectivity index (χ3n) is 4.06. The van der Waals surface area contributed by atoms with Crippen LogP contribution in [0.3, 0.4) is 0 Å². The number of aryl methyl sites for hydroxylation is 1. The van der Waals surface area contributed by atoms with Gasteiger partial charge in [0.1, 0.15) is 4.88 Å². The van der Waals surface area contributed by atoms with E-state index >= 15 is 0 Å². The fourth-order valence-corrected chi connectivity index (χ4v) is 3.49. The van der Waals surface area contributed by atoms with Crippen molar-refractivity contribution in [3.63, 3.8) is 0 Å². The Bertz CT molecular complexity index is 1170. The van der Waals surface area contributed by atoms with E-state index < -0.39 is 0 Å². The molecule has 0 saturated heterocycles. The van der Waals surface area contributed by atoms with Crippen LogP contribution in [0.1, 0.15) is 15.2 Å². The summed E-state index contributed by atoms with van der Waals surface area (Å²) < 4.78 is 5.10. The number of hydrogen-bond acceptors (Lipinski definition) is 7. The highest BCUT2D eigenvalue weighted by Crippen LogP contribution is 2.30. The van der Waals surface area contributed by atoms with E-state index in [-0.39, 0.29) is 5.91 Å². The highest BCUT2D eigenvalue weighted by molar-refractivity contribution is 7.17. The molecule has 3 heterocycles. The average Bonchev–Trinajstić information content (AvgIpc) is 3.35. The number of pyridine rings is 1. The van der Waals surface area contributed by atoms with Gasteiger partial charge in [-0.1, -0.05) is 29.0 Å². The van der Waals surface area contributed by atoms with Crippen LogP contribution in [0.4, 0.5) is 16.6 Å². The zero-order chi connectivity index (χ0) is 19.7. The van der Waals surface area contributed by atoms with E-state index in [1.54, 1.807) is 18.3 Å². The molecule has 1 amide bonds. The van der Waals surface area contributed by atoms with Crippen LogP contribution in [0, 0.1) is 6.92 Å². The van der Waals surface area contributed by atoms with Crippen molar-refractivity contribution in [1.29, 1.82) is 0 Å². The molecule has 8 nitrogen and oxygen atoms in total. The molecule has 3 aromatic heterocycles. The van der Waals surface area contributed by atoms with Crippen molar-refractivity contribution in [2.45, 2.75) is 6.92 Å². The van der Waals surface area contributed by atoms with E-state index in [0.29, 0.717) is 26.7 Å². The number of fused-ring (bicyclic) bond motifs is 1. The summed E-state index contributed by atoms with van der Waals surface area (Å²) in [5, 5.41) is 14.6. The fraction of sp³-hybridized carbons (Fsp3) is 0.111. The Hall–Kier alpha value is -3.17. The number of methoxy groups -OCH3 is 1. The fourth-order valence-electron chi connectivity index (χ4n) is 2.63. The van der Waals surface area contributed by atoms with Crippen molar-refractivity contribution in [1.82, 2.24) is 20.2 Å². The van der Waals surface area contributed by atoms with Gasteiger partial charge in [0, 0.05) is 11.5 Å². The van der Waals surface area contributed by atoms with Crippen molar-refractivity contribution >= 4 is 56.4 Å². The number of benzene rings is 1. The highest BCUT2D eigenvalue weighted by Gasteiger charge is 2.15. The number of hydrogen-bond donors (Lipinski definition) is 3. The standard InChI is InChI=1S/C18H15ClN6O2S/c1-9-3-5-12-10(7-21-25-12)15(9)23-17(26)13-8-20-18(28-13)24-16-11(19)4-6-14(22-16)27-2/h3-8H,1-2H3,(H,21,25)(H,23,26)(H,20,22,24). The first kappa shape index (κ1) is 18.2. The molecule has 0 aliphatic heterocycles. The Morgan fingerprint density at radius 1 is 1.25 bits per heavy atom. The monoisotopic (exact) mass is 414 g/mol. The van der Waals surface area contributed by atoms with Gasteiger partial charge in [-0.05, 0) is 24.6 Å². The van der Waals surface area contributed by atoms with Gasteiger partial charge in [0.15, 0.2) is 10.9 Å². The van der Waals surface area contributed by atoms with Crippen molar-refractivity contribution in [3.05, 3.63) is 52.1 Å². The van der Waals surface area contributed by atoms with Gasteiger partial charge in [-0.3, -0.25) is 9.89 Å². The molecule has 4 aromatic rings. The summed E-state index contributed by atoms with van der Waals surface area (Å²) in [5.74, 6) is 0.568. The van der Waals surface area contributed by atoms with Gasteiger partial charge >= 0.3 is 0 Å². The number of thiazole rings is 1. The second kappa shape index (κ2) is 7.45. The molecule has 0 radical (unpaired) electrons. The second-order valence-electron chi connectivity index (χ2n) is 5.88. The van der Waals surface area contributed by atoms with Crippen LogP contribution >= 0.6 is 22.9 Å². The van der Waals surface area contributed by atoms with Gasteiger partial charge in [-0.25, -0.2) is 4.98 Å². The SMILES string of the molecule is COc1ccc(Cl)c(Nc2ncc(C(=O)Nc3c(C)ccc4[nH]ncc34)s2)n1. The van der Waals surface area contributed by atoms with Crippen molar-refractivity contribution in [2.75, 3.05) is 17.7 Å². The summed E-state index contributed by atoms with van der Waals surface area (Å²) in [5.41, 5.74) is 2.51. The number of aromatic amines is 1. The zero-order valence-electron chi connectivity index (χ0n) is 14.9. The highest BCUT2D eigenvalue weighted by atomic mass is 35.5. The third-order valence-corrected chi connectivity index (χ3v) is 5.27. The number of ether oxygens (including phenoxy) is 1. The van der Waals surface area contributed by atoms with Gasteiger partial charge in [0.05, 0.1) is 35.7 Å². The first-order valence-corrected chi connectivity index (χ1v) is 9.42. The molecule has 0 spiro atoms. The summed E-state index contributed by atoms with van der Waals surface area (Å²) in [6.07, 6.45) is 3.19. The molecule has 3 N–H and O–H groups in total. The zero-order valence-corrected chi connectivity index (χ0v) is 16.5. The van der Waals surface area contributed by atoms with Crippen molar-refractivity contribution in [3.8, 4) is 5.88 Å². The lowest BCUT2D eigenvalue weighted by molar-refractivity contribution is 0.103. The number of carbonyl (C=O) groups excluding carboxylic acids is 1. The first-order chi connectivity index (χ1) is 13.5. The average molecular weight is 415 g/mol. The Balaban J connectivity index is 1.55. The van der Waals surface area contributed by atoms with Gasteiger partial charge in [-0.15, -0.1) is 0 Å². The molecule has 0 fully saturated rings. The predicted octanol–water partition coefficient (Wildman–Crippen LogP) is 4.38. The van der Waals surface area contributed by atoms with Crippen LogP contribution in [-0.4, -0.2) is 33.2 Å². The van der Waals surface area contributed by atoms with E-state index in [1.807, 2.05) is 19.1 Å². The molecule has 142 valence electrons. The molecule has 0 aliphatic carbocycles. The molecular formula is C18H15ClN6O2S. The Morgan fingerprint density at radius 2 is 2.11 bits per heavy atom. The number of halogens is 1. The predicted molar refractivity (Wildman–Crippen MR) is 110 cm³/mol. The minimum absolute atomic E-state index is 0.257. The third kappa shape index (κ3) is 3.49. The largest absolute Gasteiger partial charge is 0.481 e. The lowest BCUT2D eigenvalue weighted by atomic mass is 10.1. The minimum Gasteiger partial charge on any atom is -0.481 e. The van der Waals surface area contributed by atoms with Crippen LogP contribution in [0.15, 0.2) is 36.7 Å². The molecule has 4 rings (SSSR count). The molecule has 10 heteroatoms. The maximum atomic E-state index is 12.7. The first-order valence-electron chi connectivity index (χ1n) is 8.22. The van der Waals surface area contributed by atoms with Crippen LogP contribution in [0.25, 0.3) is 10.9 Å². The van der Waals surface area contributed by atoms with E-state index in [1.165, 1.54) is 24.6 Å². The summed E-state index contributed by atoms with van der Waals surface area (Å²) >= 11 is 7.34.